The Labute approximate surface area is 325 Å². The fourth-order valence-corrected chi connectivity index (χ4v) is 13.1. The van der Waals surface area contributed by atoms with Crippen molar-refractivity contribution in [1.29, 1.82) is 0 Å². The summed E-state index contributed by atoms with van der Waals surface area (Å²) in [4.78, 5) is 0. The molecule has 0 unspecified atom stereocenters. The van der Waals surface area contributed by atoms with Gasteiger partial charge < -0.3 is 64.9 Å². The minimum atomic E-state index is -1.73. The summed E-state index contributed by atoms with van der Waals surface area (Å²) < 4.78 is 24.1. The van der Waals surface area contributed by atoms with Gasteiger partial charge in [-0.3, -0.25) is 0 Å². The lowest BCUT2D eigenvalue weighted by Crippen LogP contribution is -2.67. The standard InChI is InChI=1S/C42H68O13/c1-21-29(47)33(55-36-32(50)31(49)30(48)24(18-43)53-36)34(35(51)52-21)54-28-11-12-38(4)25(39(28,5)19-44)10-13-40(6)26(38)9-8-22-23-16-37(2,3)14-15-42(23,20-45)27(46)17-41(22,40)7/h8-9,21,24-36,43-51H,10-20H2,1-7H3/t21-,24-,25-,26-,27-,28+,29+,30-,31+,32-,33+,34-,35-,36+,38+,39+,40-,41-,42-/m1/s1. The van der Waals surface area contributed by atoms with Crippen LogP contribution >= 0.6 is 0 Å². The minimum Gasteiger partial charge on any atom is -0.396 e. The normalized spacial score (nSPS) is 54.9. The Hall–Kier alpha value is -1.04. The van der Waals surface area contributed by atoms with Gasteiger partial charge in [0.15, 0.2) is 12.6 Å². The Balaban J connectivity index is 1.19. The van der Waals surface area contributed by atoms with Gasteiger partial charge in [0.25, 0.3) is 0 Å². The van der Waals surface area contributed by atoms with Gasteiger partial charge in [-0.15, -0.1) is 0 Å². The lowest BCUT2D eigenvalue weighted by Gasteiger charge is -2.70. The molecule has 13 heteroatoms. The Kier molecular flexibility index (Phi) is 11.0. The van der Waals surface area contributed by atoms with E-state index in [-0.39, 0.29) is 46.7 Å². The molecule has 7 aliphatic rings. The fourth-order valence-electron chi connectivity index (χ4n) is 13.1. The predicted molar refractivity (Wildman–Crippen MR) is 199 cm³/mol. The fraction of sp³-hybridized carbons (Fsp3) is 0.905. The van der Waals surface area contributed by atoms with Gasteiger partial charge in [0.05, 0.1) is 38.1 Å². The number of aliphatic hydroxyl groups excluding tert-OH is 9. The van der Waals surface area contributed by atoms with Crippen molar-refractivity contribution in [3.8, 4) is 0 Å². The Morgan fingerprint density at radius 2 is 1.47 bits per heavy atom. The number of hydrogen-bond acceptors (Lipinski definition) is 13. The van der Waals surface area contributed by atoms with Crippen LogP contribution in [0.3, 0.4) is 0 Å². The highest BCUT2D eigenvalue weighted by molar-refractivity contribution is 5.47. The molecule has 7 rings (SSSR count). The molecule has 0 aromatic carbocycles. The van der Waals surface area contributed by atoms with E-state index < -0.39 is 91.1 Å². The zero-order valence-corrected chi connectivity index (χ0v) is 33.7. The van der Waals surface area contributed by atoms with Gasteiger partial charge in [-0.1, -0.05) is 59.3 Å². The summed E-state index contributed by atoms with van der Waals surface area (Å²) in [5.41, 5.74) is 0.327. The molecule has 3 saturated carbocycles. The van der Waals surface area contributed by atoms with Gasteiger partial charge in [0, 0.05) is 16.2 Å². The van der Waals surface area contributed by atoms with E-state index in [9.17, 15) is 46.0 Å². The molecule has 0 radical (unpaired) electrons. The molecule has 9 N–H and O–H groups in total. The average molecular weight is 781 g/mol. The number of aliphatic hydroxyl groups is 9. The highest BCUT2D eigenvalue weighted by Gasteiger charge is 2.69. The largest absolute Gasteiger partial charge is 0.396 e. The van der Waals surface area contributed by atoms with E-state index in [0.717, 1.165) is 38.5 Å². The van der Waals surface area contributed by atoms with Crippen LogP contribution < -0.4 is 0 Å². The van der Waals surface area contributed by atoms with Crippen molar-refractivity contribution in [3.05, 3.63) is 23.3 Å². The molecular formula is C42H68O13. The molecule has 0 aromatic heterocycles. The molecule has 314 valence electrons. The second kappa shape index (κ2) is 14.3. The van der Waals surface area contributed by atoms with Gasteiger partial charge in [0.1, 0.15) is 42.7 Å². The number of fused-ring (bicyclic) bond motifs is 6. The zero-order chi connectivity index (χ0) is 40.3. The Bertz CT molecular complexity index is 1500. The first-order valence-corrected chi connectivity index (χ1v) is 20.6. The molecule has 0 aromatic rings. The average Bonchev–Trinajstić information content (AvgIpc) is 3.13. The lowest BCUT2D eigenvalue weighted by molar-refractivity contribution is -0.366. The Morgan fingerprint density at radius 3 is 2.13 bits per heavy atom. The molecule has 19 atom stereocenters. The first-order valence-electron chi connectivity index (χ1n) is 20.6. The summed E-state index contributed by atoms with van der Waals surface area (Å²) >= 11 is 0. The number of allylic oxidation sites excluding steroid dienone is 3. The number of hydrogen-bond donors (Lipinski definition) is 9. The van der Waals surface area contributed by atoms with E-state index in [2.05, 4.69) is 46.8 Å². The van der Waals surface area contributed by atoms with Crippen LogP contribution in [0.4, 0.5) is 0 Å². The van der Waals surface area contributed by atoms with E-state index in [1.54, 1.807) is 6.92 Å². The van der Waals surface area contributed by atoms with Crippen LogP contribution in [-0.4, -0.2) is 139 Å². The molecule has 0 spiro atoms. The third kappa shape index (κ3) is 6.12. The minimum absolute atomic E-state index is 0.0155. The van der Waals surface area contributed by atoms with Crippen molar-refractivity contribution in [2.45, 2.75) is 173 Å². The molecule has 0 bridgehead atoms. The zero-order valence-electron chi connectivity index (χ0n) is 33.7. The molecule has 2 heterocycles. The first kappa shape index (κ1) is 42.1. The van der Waals surface area contributed by atoms with Gasteiger partial charge in [-0.2, -0.15) is 0 Å². The molecule has 55 heavy (non-hydrogen) atoms. The summed E-state index contributed by atoms with van der Waals surface area (Å²) in [6.07, 6.45) is -4.80. The van der Waals surface area contributed by atoms with Gasteiger partial charge in [-0.25, -0.2) is 0 Å². The molecule has 2 saturated heterocycles. The second-order valence-electron chi connectivity index (χ2n) is 20.3. The van der Waals surface area contributed by atoms with Crippen LogP contribution in [0.2, 0.25) is 0 Å². The topological polar surface area (TPSA) is 219 Å². The van der Waals surface area contributed by atoms with Crippen LogP contribution in [0, 0.1) is 44.3 Å². The number of rotatable bonds is 7. The summed E-state index contributed by atoms with van der Waals surface area (Å²) in [5.74, 6) is 0.0946. The van der Waals surface area contributed by atoms with Crippen molar-refractivity contribution in [2.24, 2.45) is 44.3 Å². The van der Waals surface area contributed by atoms with Crippen molar-refractivity contribution in [3.63, 3.8) is 0 Å². The predicted octanol–water partition coefficient (Wildman–Crippen LogP) is 1.68. The third-order valence-electron chi connectivity index (χ3n) is 16.9. The highest BCUT2D eigenvalue weighted by Crippen LogP contribution is 2.74. The summed E-state index contributed by atoms with van der Waals surface area (Å²) in [6.45, 7) is 14.3. The lowest BCUT2D eigenvalue weighted by atomic mass is 9.35. The molecule has 2 aliphatic heterocycles. The van der Waals surface area contributed by atoms with Gasteiger partial charge >= 0.3 is 0 Å². The van der Waals surface area contributed by atoms with Crippen LogP contribution in [0.25, 0.3) is 0 Å². The molecule has 13 nitrogen and oxygen atoms in total. The Morgan fingerprint density at radius 1 is 0.764 bits per heavy atom. The summed E-state index contributed by atoms with van der Waals surface area (Å²) in [6, 6.07) is 0. The van der Waals surface area contributed by atoms with Gasteiger partial charge in [-0.05, 0) is 91.9 Å². The van der Waals surface area contributed by atoms with Crippen LogP contribution in [0.5, 0.6) is 0 Å². The van der Waals surface area contributed by atoms with Crippen molar-refractivity contribution in [1.82, 2.24) is 0 Å². The molecular weight excluding hydrogens is 712 g/mol. The van der Waals surface area contributed by atoms with Gasteiger partial charge in [0.2, 0.25) is 0 Å². The van der Waals surface area contributed by atoms with E-state index in [1.807, 2.05) is 6.92 Å². The summed E-state index contributed by atoms with van der Waals surface area (Å²) in [5, 5.41) is 98.0. The monoisotopic (exact) mass is 780 g/mol. The van der Waals surface area contributed by atoms with E-state index >= 15 is 0 Å². The van der Waals surface area contributed by atoms with Crippen LogP contribution in [0.15, 0.2) is 23.3 Å². The van der Waals surface area contributed by atoms with E-state index in [4.69, 9.17) is 18.9 Å². The maximum absolute atomic E-state index is 12.0. The SMILES string of the molecule is C[C@H]1O[C@@H](O)[C@H](O[C@H]2CC[C@@]3(C)[C@@H](CC[C@]4(C)[C@@H]3C=CC3=C5CC(C)(C)CC[C@]5(CO)[C@H](O)C[C@]34C)[C@]2(C)CO)[C@@H](O[C@@H]2O[C@H](CO)[C@@H](O)[C@H](O)[C@H]2O)[C@H]1O. The van der Waals surface area contributed by atoms with Crippen LogP contribution in [0.1, 0.15) is 99.8 Å². The number of ether oxygens (including phenoxy) is 4. The molecule has 0 amide bonds. The maximum Gasteiger partial charge on any atom is 0.187 e. The maximum atomic E-state index is 12.0. The second-order valence-corrected chi connectivity index (χ2v) is 20.3. The first-order chi connectivity index (χ1) is 25.7. The van der Waals surface area contributed by atoms with Crippen molar-refractivity contribution < 1.29 is 64.9 Å². The van der Waals surface area contributed by atoms with Crippen LogP contribution in [-0.2, 0) is 18.9 Å². The smallest absolute Gasteiger partial charge is 0.187 e. The van der Waals surface area contributed by atoms with Crippen molar-refractivity contribution >= 4 is 0 Å². The van der Waals surface area contributed by atoms with E-state index in [0.29, 0.717) is 12.8 Å². The molecule has 5 aliphatic carbocycles. The van der Waals surface area contributed by atoms with E-state index in [1.165, 1.54) is 11.1 Å². The third-order valence-corrected chi connectivity index (χ3v) is 16.9. The molecule has 5 fully saturated rings. The van der Waals surface area contributed by atoms with Crippen molar-refractivity contribution in [2.75, 3.05) is 19.8 Å². The summed E-state index contributed by atoms with van der Waals surface area (Å²) in [7, 11) is 0. The quantitative estimate of drug-likeness (QED) is 0.180. The highest BCUT2D eigenvalue weighted by atomic mass is 16.7.